The molecule has 62 heavy (non-hydrogen) atoms. The Morgan fingerprint density at radius 1 is 0.274 bits per heavy atom. The molecule has 0 fully saturated rings. The van der Waals surface area contributed by atoms with Crippen molar-refractivity contribution in [3.8, 4) is 44.5 Å². The lowest BCUT2D eigenvalue weighted by molar-refractivity contribution is 0.755. The van der Waals surface area contributed by atoms with Crippen molar-refractivity contribution in [3.63, 3.8) is 0 Å². The van der Waals surface area contributed by atoms with Crippen LogP contribution in [0.5, 0.6) is 0 Å². The van der Waals surface area contributed by atoms with Crippen LogP contribution in [0.25, 0.3) is 76.8 Å². The van der Waals surface area contributed by atoms with E-state index >= 15 is 0 Å². The molecule has 0 saturated carbocycles. The van der Waals surface area contributed by atoms with Crippen molar-refractivity contribution in [2.45, 2.75) is 5.41 Å². The van der Waals surface area contributed by atoms with Gasteiger partial charge in [-0.1, -0.05) is 200 Å². The standard InChI is InChI=1S/C61H39N/c1-4-17-40(18-5-1)45-33-34-48-49-28-14-23-42-24-15-31-54(59(42)49)61(56(48)38-45)53-30-13-12-27-47(53)50-35-36-57(51-29-16-32-55(61)60(50)51)62(46-25-8-3-9-26-46)58-39-44-22-11-10-21-43(44)37-52(58)41-19-6-2-7-20-41/h1-39H. The van der Waals surface area contributed by atoms with Gasteiger partial charge in [-0.2, -0.15) is 0 Å². The van der Waals surface area contributed by atoms with Gasteiger partial charge in [0.15, 0.2) is 0 Å². The van der Waals surface area contributed by atoms with Crippen molar-refractivity contribution < 1.29 is 0 Å². The van der Waals surface area contributed by atoms with E-state index < -0.39 is 5.41 Å². The van der Waals surface area contributed by atoms with Crippen molar-refractivity contribution in [1.82, 2.24) is 0 Å². The number of rotatable bonds is 5. The van der Waals surface area contributed by atoms with E-state index in [0.29, 0.717) is 0 Å². The van der Waals surface area contributed by atoms with Crippen LogP contribution in [0.3, 0.4) is 0 Å². The summed E-state index contributed by atoms with van der Waals surface area (Å²) in [5, 5.41) is 7.53. The van der Waals surface area contributed by atoms with Gasteiger partial charge in [-0.15, -0.1) is 0 Å². The van der Waals surface area contributed by atoms with E-state index in [2.05, 4.69) is 241 Å². The molecule has 1 unspecified atom stereocenters. The van der Waals surface area contributed by atoms with Gasteiger partial charge >= 0.3 is 0 Å². The maximum absolute atomic E-state index is 2.50. The molecule has 0 saturated heterocycles. The summed E-state index contributed by atoms with van der Waals surface area (Å²) >= 11 is 0. The third-order valence-electron chi connectivity index (χ3n) is 13.6. The Balaban J connectivity index is 1.17. The lowest BCUT2D eigenvalue weighted by Gasteiger charge is -2.46. The maximum atomic E-state index is 2.50. The summed E-state index contributed by atoms with van der Waals surface area (Å²) in [6.45, 7) is 0. The first-order valence-corrected chi connectivity index (χ1v) is 21.6. The summed E-state index contributed by atoms with van der Waals surface area (Å²) in [6.07, 6.45) is 0. The molecule has 0 aliphatic heterocycles. The number of para-hydroxylation sites is 1. The van der Waals surface area contributed by atoms with Gasteiger partial charge in [-0.25, -0.2) is 0 Å². The highest BCUT2D eigenvalue weighted by Gasteiger charge is 2.49. The number of anilines is 3. The second-order valence-corrected chi connectivity index (χ2v) is 16.7. The van der Waals surface area contributed by atoms with Crippen molar-refractivity contribution in [3.05, 3.63) is 259 Å². The lowest BCUT2D eigenvalue weighted by Crippen LogP contribution is -2.36. The topological polar surface area (TPSA) is 3.24 Å². The molecule has 288 valence electrons. The second kappa shape index (κ2) is 13.5. The quantitative estimate of drug-likeness (QED) is 0.168. The largest absolute Gasteiger partial charge is 0.309 e. The first-order chi connectivity index (χ1) is 30.8. The zero-order chi connectivity index (χ0) is 40.8. The first kappa shape index (κ1) is 34.8. The third kappa shape index (κ3) is 4.91. The SMILES string of the molecule is c1ccc(-c2ccc3c(c2)C2(c4ccccc4-c4ccc(N(c5ccccc5)c5cc6ccccc6cc5-c5ccccc5)c5cccc2c45)c2cccc4cccc-3c24)cc1. The zero-order valence-corrected chi connectivity index (χ0v) is 34.0. The molecule has 0 amide bonds. The normalized spacial score (nSPS) is 14.5. The number of fused-ring (bicyclic) bond motifs is 9. The molecule has 2 aliphatic carbocycles. The number of nitrogens with zero attached hydrogens (tertiary/aromatic N) is 1. The Labute approximate surface area is 361 Å². The van der Waals surface area contributed by atoms with Gasteiger partial charge in [0, 0.05) is 16.6 Å². The molecule has 1 nitrogen and oxygen atoms in total. The van der Waals surface area contributed by atoms with Gasteiger partial charge in [0.2, 0.25) is 0 Å². The highest BCUT2D eigenvalue weighted by atomic mass is 15.1. The Bertz CT molecular complexity index is 3570. The second-order valence-electron chi connectivity index (χ2n) is 16.7. The van der Waals surface area contributed by atoms with Crippen molar-refractivity contribution in [1.29, 1.82) is 0 Å². The zero-order valence-electron chi connectivity index (χ0n) is 34.0. The van der Waals surface area contributed by atoms with Crippen LogP contribution in [0.1, 0.15) is 22.3 Å². The summed E-state index contributed by atoms with van der Waals surface area (Å²) in [5.74, 6) is 0. The smallest absolute Gasteiger partial charge is 0.0726 e. The Hall–Kier alpha value is -8.00. The van der Waals surface area contributed by atoms with E-state index in [4.69, 9.17) is 0 Å². The molecule has 0 bridgehead atoms. The molecule has 0 N–H and O–H groups in total. The average molecular weight is 786 g/mol. The number of hydrogen-bond acceptors (Lipinski definition) is 1. The minimum atomic E-state index is -0.606. The van der Waals surface area contributed by atoms with Crippen LogP contribution in [0.4, 0.5) is 17.1 Å². The van der Waals surface area contributed by atoms with E-state index in [1.54, 1.807) is 0 Å². The maximum Gasteiger partial charge on any atom is 0.0726 e. The highest BCUT2D eigenvalue weighted by molar-refractivity contribution is 6.15. The van der Waals surface area contributed by atoms with Gasteiger partial charge in [-0.05, 0) is 125 Å². The molecule has 0 heterocycles. The third-order valence-corrected chi connectivity index (χ3v) is 13.6. The molecule has 2 aliphatic rings. The van der Waals surface area contributed by atoms with Crippen LogP contribution in [0.2, 0.25) is 0 Å². The van der Waals surface area contributed by atoms with Crippen molar-refractivity contribution in [2.75, 3.05) is 4.90 Å². The van der Waals surface area contributed by atoms with Crippen LogP contribution in [0.15, 0.2) is 237 Å². The molecule has 1 heteroatoms. The Kier molecular flexibility index (Phi) is 7.59. The summed E-state index contributed by atoms with van der Waals surface area (Å²) in [7, 11) is 0. The summed E-state index contributed by atoms with van der Waals surface area (Å²) in [5.41, 5.74) is 18.0. The van der Waals surface area contributed by atoms with Crippen molar-refractivity contribution in [2.24, 2.45) is 0 Å². The van der Waals surface area contributed by atoms with E-state index in [9.17, 15) is 0 Å². The molecule has 11 aromatic rings. The fraction of sp³-hybridized carbons (Fsp3) is 0.0164. The predicted octanol–water partition coefficient (Wildman–Crippen LogP) is 16.3. The molecular formula is C61H39N. The van der Waals surface area contributed by atoms with Crippen molar-refractivity contribution >= 4 is 49.4 Å². The summed E-state index contributed by atoms with van der Waals surface area (Å²) in [6, 6.07) is 88.2. The minimum Gasteiger partial charge on any atom is -0.309 e. The molecule has 13 rings (SSSR count). The highest BCUT2D eigenvalue weighted by Crippen LogP contribution is 2.62. The van der Waals surface area contributed by atoms with E-state index in [-0.39, 0.29) is 0 Å². The van der Waals surface area contributed by atoms with E-state index in [1.807, 2.05) is 0 Å². The van der Waals surface area contributed by atoms with Gasteiger partial charge < -0.3 is 4.90 Å². The van der Waals surface area contributed by atoms with Crippen LogP contribution in [-0.2, 0) is 5.41 Å². The van der Waals surface area contributed by atoms with Gasteiger partial charge in [0.1, 0.15) is 0 Å². The van der Waals surface area contributed by atoms with E-state index in [1.165, 1.54) is 99.1 Å². The minimum absolute atomic E-state index is 0.606. The predicted molar refractivity (Wildman–Crippen MR) is 261 cm³/mol. The molecule has 1 atom stereocenters. The van der Waals surface area contributed by atoms with Crippen LogP contribution in [-0.4, -0.2) is 0 Å². The fourth-order valence-corrected chi connectivity index (χ4v) is 11.1. The lowest BCUT2D eigenvalue weighted by atomic mass is 9.55. The molecule has 0 radical (unpaired) electrons. The number of benzene rings is 11. The van der Waals surface area contributed by atoms with Gasteiger partial charge in [0.05, 0.1) is 16.8 Å². The summed E-state index contributed by atoms with van der Waals surface area (Å²) in [4.78, 5) is 2.50. The van der Waals surface area contributed by atoms with Gasteiger partial charge in [-0.3, -0.25) is 0 Å². The number of hydrogen-bond donors (Lipinski definition) is 0. The molecule has 0 aromatic heterocycles. The molecule has 1 spiro atoms. The van der Waals surface area contributed by atoms with Crippen LogP contribution < -0.4 is 4.90 Å². The average Bonchev–Trinajstić information content (AvgIpc) is 3.35. The Morgan fingerprint density at radius 3 is 1.61 bits per heavy atom. The monoisotopic (exact) mass is 785 g/mol. The Morgan fingerprint density at radius 2 is 0.823 bits per heavy atom. The molecule has 11 aromatic carbocycles. The van der Waals surface area contributed by atoms with E-state index in [0.717, 1.165) is 17.1 Å². The van der Waals surface area contributed by atoms with Crippen LogP contribution >= 0.6 is 0 Å². The molecular weight excluding hydrogens is 747 g/mol. The van der Waals surface area contributed by atoms with Gasteiger partial charge in [0.25, 0.3) is 0 Å². The first-order valence-electron chi connectivity index (χ1n) is 21.6. The fourth-order valence-electron chi connectivity index (χ4n) is 11.1. The van der Waals surface area contributed by atoms with Crippen LogP contribution in [0, 0.1) is 0 Å². The summed E-state index contributed by atoms with van der Waals surface area (Å²) < 4.78 is 0.